The van der Waals surface area contributed by atoms with Crippen molar-refractivity contribution in [3.8, 4) is 5.75 Å². The van der Waals surface area contributed by atoms with Gasteiger partial charge in [0.05, 0.1) is 0 Å². The fraction of sp³-hybridized carbons (Fsp3) is 0.650. The van der Waals surface area contributed by atoms with Gasteiger partial charge in [-0.1, -0.05) is 19.9 Å². The minimum atomic E-state index is -4.02. The molecule has 0 radical (unpaired) electrons. The van der Waals surface area contributed by atoms with E-state index < -0.39 is 10.3 Å². The van der Waals surface area contributed by atoms with Crippen molar-refractivity contribution in [2.24, 2.45) is 22.4 Å². The van der Waals surface area contributed by atoms with Crippen molar-refractivity contribution in [2.75, 3.05) is 0 Å². The van der Waals surface area contributed by atoms with Crippen LogP contribution in [-0.4, -0.2) is 14.2 Å². The van der Waals surface area contributed by atoms with Crippen molar-refractivity contribution in [2.45, 2.75) is 64.7 Å². The van der Waals surface area contributed by atoms with Crippen LogP contribution in [0.25, 0.3) is 0 Å². The largest absolute Gasteiger partial charge is 0.380 e. The van der Waals surface area contributed by atoms with Gasteiger partial charge in [0.25, 0.3) is 0 Å². The summed E-state index contributed by atoms with van der Waals surface area (Å²) in [6, 6.07) is 4.01. The Bertz CT molecular complexity index is 863. The zero-order valence-corrected chi connectivity index (χ0v) is 16.3. The number of carbonyl (C=O) groups excluding carboxylic acids is 1. The van der Waals surface area contributed by atoms with E-state index in [9.17, 15) is 13.2 Å². The van der Waals surface area contributed by atoms with Gasteiger partial charge in [-0.25, -0.2) is 0 Å². The van der Waals surface area contributed by atoms with Crippen molar-refractivity contribution in [1.82, 2.24) is 0 Å². The minimum absolute atomic E-state index is 0.122. The molecule has 4 rings (SSSR count). The van der Waals surface area contributed by atoms with Crippen LogP contribution in [0.2, 0.25) is 0 Å². The third kappa shape index (κ3) is 2.78. The lowest BCUT2D eigenvalue weighted by Crippen LogP contribution is -2.42. The number of carbonyl (C=O) groups is 1. The smallest absolute Gasteiger partial charge is 0.371 e. The summed E-state index contributed by atoms with van der Waals surface area (Å²) in [6.45, 7) is 4.17. The molecule has 2 saturated carbocycles. The number of benzene rings is 1. The van der Waals surface area contributed by atoms with Crippen molar-refractivity contribution in [3.05, 3.63) is 28.8 Å². The second-order valence-corrected chi connectivity index (χ2v) is 9.57. The van der Waals surface area contributed by atoms with Gasteiger partial charge in [-0.3, -0.25) is 4.79 Å². The molecule has 26 heavy (non-hydrogen) atoms. The van der Waals surface area contributed by atoms with Crippen LogP contribution in [0.3, 0.4) is 0 Å². The Morgan fingerprint density at radius 2 is 2.00 bits per heavy atom. The molecule has 3 aliphatic carbocycles. The summed E-state index contributed by atoms with van der Waals surface area (Å²) in [5, 5.41) is 5.08. The third-order valence-corrected chi connectivity index (χ3v) is 7.61. The Hall–Kier alpha value is -1.40. The van der Waals surface area contributed by atoms with Crippen molar-refractivity contribution in [3.63, 3.8) is 0 Å². The predicted octanol–water partition coefficient (Wildman–Crippen LogP) is 3.26. The van der Waals surface area contributed by atoms with Crippen molar-refractivity contribution < 1.29 is 17.4 Å². The Labute approximate surface area is 155 Å². The van der Waals surface area contributed by atoms with Crippen LogP contribution in [0.5, 0.6) is 5.75 Å². The highest BCUT2D eigenvalue weighted by atomic mass is 32.2. The summed E-state index contributed by atoms with van der Waals surface area (Å²) >= 11 is 0. The lowest BCUT2D eigenvalue weighted by atomic mass is 9.55. The lowest BCUT2D eigenvalue weighted by Gasteiger charge is -2.48. The van der Waals surface area contributed by atoms with Gasteiger partial charge in [-0.15, -0.1) is 0 Å². The van der Waals surface area contributed by atoms with E-state index in [0.29, 0.717) is 35.7 Å². The van der Waals surface area contributed by atoms with Gasteiger partial charge in [0.1, 0.15) is 11.5 Å². The molecule has 0 heterocycles. The average Bonchev–Trinajstić information content (AvgIpc) is 2.88. The zero-order chi connectivity index (χ0) is 18.7. The van der Waals surface area contributed by atoms with Crippen LogP contribution in [0.1, 0.15) is 68.6 Å². The summed E-state index contributed by atoms with van der Waals surface area (Å²) < 4.78 is 27.8. The van der Waals surface area contributed by atoms with E-state index in [0.717, 1.165) is 44.1 Å². The number of ketones is 1. The highest BCUT2D eigenvalue weighted by Crippen LogP contribution is 2.59. The molecule has 0 aromatic heterocycles. The molecule has 4 atom stereocenters. The Morgan fingerprint density at radius 1 is 1.23 bits per heavy atom. The Morgan fingerprint density at radius 3 is 2.69 bits per heavy atom. The lowest BCUT2D eigenvalue weighted by molar-refractivity contribution is -0.129. The van der Waals surface area contributed by atoms with Gasteiger partial charge in [-0.2, -0.15) is 13.6 Å². The normalized spacial score (nSPS) is 33.3. The van der Waals surface area contributed by atoms with E-state index in [4.69, 9.17) is 9.32 Å². The summed E-state index contributed by atoms with van der Waals surface area (Å²) in [4.78, 5) is 12.4. The summed E-state index contributed by atoms with van der Waals surface area (Å²) in [6.07, 6.45) is 6.42. The van der Waals surface area contributed by atoms with E-state index in [-0.39, 0.29) is 5.41 Å². The SMILES string of the molecule is CCc1cc2c(cc1OS(N)(=O)=O)CCC1C2CCC2(C)C(=O)CCC12. The zero-order valence-electron chi connectivity index (χ0n) is 15.5. The monoisotopic (exact) mass is 377 g/mol. The van der Waals surface area contributed by atoms with E-state index >= 15 is 0 Å². The maximum absolute atomic E-state index is 12.4. The van der Waals surface area contributed by atoms with E-state index in [1.807, 2.05) is 13.0 Å². The molecule has 0 aliphatic heterocycles. The molecule has 142 valence electrons. The molecule has 4 unspecified atom stereocenters. The summed E-state index contributed by atoms with van der Waals surface area (Å²) in [5.74, 6) is 2.34. The number of rotatable bonds is 3. The van der Waals surface area contributed by atoms with Crippen LogP contribution < -0.4 is 9.32 Å². The molecule has 0 amide bonds. The Balaban J connectivity index is 1.72. The van der Waals surface area contributed by atoms with Crippen LogP contribution >= 0.6 is 0 Å². The molecular formula is C20H27NO4S. The van der Waals surface area contributed by atoms with Gasteiger partial charge >= 0.3 is 10.3 Å². The number of fused-ring (bicyclic) bond motifs is 5. The molecule has 3 aliphatic rings. The van der Waals surface area contributed by atoms with Gasteiger partial charge in [-0.05, 0) is 79.0 Å². The summed E-state index contributed by atoms with van der Waals surface area (Å²) in [7, 11) is -4.02. The fourth-order valence-electron chi connectivity index (χ4n) is 5.90. The van der Waals surface area contributed by atoms with Crippen LogP contribution in [0.15, 0.2) is 12.1 Å². The molecule has 0 spiro atoms. The number of hydrogen-bond donors (Lipinski definition) is 1. The van der Waals surface area contributed by atoms with E-state index in [1.165, 1.54) is 11.1 Å². The molecule has 0 bridgehead atoms. The first kappa shape index (κ1) is 18.0. The average molecular weight is 378 g/mol. The maximum atomic E-state index is 12.4. The molecule has 5 nitrogen and oxygen atoms in total. The highest BCUT2D eigenvalue weighted by Gasteiger charge is 2.54. The number of nitrogens with two attached hydrogens (primary N) is 1. The summed E-state index contributed by atoms with van der Waals surface area (Å²) in [5.41, 5.74) is 3.27. The third-order valence-electron chi connectivity index (χ3n) is 7.20. The van der Waals surface area contributed by atoms with Gasteiger partial charge in [0.15, 0.2) is 0 Å². The first-order chi connectivity index (χ1) is 12.2. The van der Waals surface area contributed by atoms with Gasteiger partial charge in [0.2, 0.25) is 0 Å². The molecule has 6 heteroatoms. The highest BCUT2D eigenvalue weighted by molar-refractivity contribution is 7.84. The maximum Gasteiger partial charge on any atom is 0.380 e. The van der Waals surface area contributed by atoms with Crippen LogP contribution in [0.4, 0.5) is 0 Å². The van der Waals surface area contributed by atoms with E-state index in [2.05, 4.69) is 13.0 Å². The molecule has 0 saturated heterocycles. The first-order valence-corrected chi connectivity index (χ1v) is 11.1. The molecule has 2 fully saturated rings. The second kappa shape index (κ2) is 6.06. The van der Waals surface area contributed by atoms with Gasteiger partial charge < -0.3 is 4.18 Å². The minimum Gasteiger partial charge on any atom is -0.371 e. The second-order valence-electron chi connectivity index (χ2n) is 8.42. The topological polar surface area (TPSA) is 86.5 Å². The standard InChI is InChI=1S/C20H27NO4S/c1-3-12-10-16-13(11-18(12)25-26(21,23)24)4-5-15-14(16)8-9-20(2)17(15)6-7-19(20)22/h10-11,14-15,17H,3-9H2,1-2H3,(H2,21,23,24). The quantitative estimate of drug-likeness (QED) is 0.876. The van der Waals surface area contributed by atoms with Crippen LogP contribution in [0, 0.1) is 17.3 Å². The van der Waals surface area contributed by atoms with Crippen LogP contribution in [-0.2, 0) is 27.9 Å². The first-order valence-electron chi connectivity index (χ1n) is 9.64. The number of aryl methyl sites for hydroxylation is 2. The van der Waals surface area contributed by atoms with Crippen molar-refractivity contribution >= 4 is 16.1 Å². The predicted molar refractivity (Wildman–Crippen MR) is 99.2 cm³/mol. The number of hydrogen-bond acceptors (Lipinski definition) is 4. The molecule has 1 aromatic carbocycles. The van der Waals surface area contributed by atoms with E-state index in [1.54, 1.807) is 0 Å². The number of Topliss-reactive ketones (excluding diaryl/α,β-unsaturated/α-hetero) is 1. The van der Waals surface area contributed by atoms with Crippen molar-refractivity contribution in [1.29, 1.82) is 0 Å². The molecule has 2 N–H and O–H groups in total. The Kier molecular flexibility index (Phi) is 4.19. The fourth-order valence-corrected chi connectivity index (χ4v) is 6.30. The van der Waals surface area contributed by atoms with Gasteiger partial charge in [0, 0.05) is 11.8 Å². The molecule has 1 aromatic rings. The molecular weight excluding hydrogens is 350 g/mol.